The molecule has 2 aromatic heterocycles. The van der Waals surface area contributed by atoms with E-state index in [2.05, 4.69) is 15.2 Å². The Labute approximate surface area is 191 Å². The molecule has 0 aliphatic carbocycles. The zero-order valence-electron chi connectivity index (χ0n) is 17.4. The molecule has 3 heterocycles. The first-order valence-corrected chi connectivity index (χ1v) is 10.6. The highest BCUT2D eigenvalue weighted by Crippen LogP contribution is 2.42. The van der Waals surface area contributed by atoms with Gasteiger partial charge < -0.3 is 19.5 Å². The topological polar surface area (TPSA) is 42.3 Å². The summed E-state index contributed by atoms with van der Waals surface area (Å²) in [5.74, 6) is 0.489. The fourth-order valence-corrected chi connectivity index (χ4v) is 4.52. The second-order valence-corrected chi connectivity index (χ2v) is 7.86. The number of methoxy groups -OCH3 is 1. The van der Waals surface area contributed by atoms with E-state index in [4.69, 9.17) is 17.0 Å². The number of nitrogens with zero attached hydrogens (tertiary/aromatic N) is 3. The van der Waals surface area contributed by atoms with Crippen LogP contribution in [0.5, 0.6) is 5.75 Å². The van der Waals surface area contributed by atoms with E-state index in [0.29, 0.717) is 5.11 Å². The summed E-state index contributed by atoms with van der Waals surface area (Å²) in [6, 6.07) is 23.8. The number of hydrogen-bond acceptors (Lipinski definition) is 3. The third kappa shape index (κ3) is 3.61. The third-order valence-corrected chi connectivity index (χ3v) is 5.93. The Hall–Kier alpha value is -3.71. The molecule has 1 saturated heterocycles. The quantitative estimate of drug-likeness (QED) is 0.429. The van der Waals surface area contributed by atoms with Gasteiger partial charge in [-0.3, -0.25) is 4.98 Å². The molecule has 5 nitrogen and oxygen atoms in total. The zero-order valence-corrected chi connectivity index (χ0v) is 18.2. The molecule has 0 spiro atoms. The number of benzene rings is 2. The predicted molar refractivity (Wildman–Crippen MR) is 127 cm³/mol. The van der Waals surface area contributed by atoms with Crippen molar-refractivity contribution >= 4 is 23.0 Å². The summed E-state index contributed by atoms with van der Waals surface area (Å²) in [5.41, 5.74) is 3.52. The van der Waals surface area contributed by atoms with Gasteiger partial charge in [0.05, 0.1) is 18.8 Å². The van der Waals surface area contributed by atoms with Gasteiger partial charge in [0.2, 0.25) is 0 Å². The van der Waals surface area contributed by atoms with Crippen molar-refractivity contribution in [3.05, 3.63) is 108 Å². The lowest BCUT2D eigenvalue weighted by Gasteiger charge is -2.29. The minimum Gasteiger partial charge on any atom is -0.497 e. The molecular formula is C25H21FN4OS. The maximum atomic E-state index is 14.0. The largest absolute Gasteiger partial charge is 0.497 e. The van der Waals surface area contributed by atoms with Crippen LogP contribution in [0.4, 0.5) is 10.1 Å². The molecule has 1 fully saturated rings. The minimum atomic E-state index is -0.282. The highest BCUT2D eigenvalue weighted by molar-refractivity contribution is 7.80. The maximum Gasteiger partial charge on any atom is 0.174 e. The van der Waals surface area contributed by atoms with Crippen molar-refractivity contribution in [1.82, 2.24) is 14.9 Å². The molecule has 1 aliphatic heterocycles. The molecule has 0 unspecified atom stereocenters. The standard InChI is InChI=1S/C25H21FN4OS/c1-31-20-12-10-18(11-13-20)30-24(23(28-25(30)32)21-8-2-3-14-27-21)22-9-5-15-29(22)19-7-4-6-17(26)16-19/h2-16,23-24H,1H3,(H,28,32)/t23-,24-/m0/s1. The summed E-state index contributed by atoms with van der Waals surface area (Å²) >= 11 is 5.78. The van der Waals surface area contributed by atoms with E-state index in [1.165, 1.54) is 12.1 Å². The first-order chi connectivity index (χ1) is 15.7. The van der Waals surface area contributed by atoms with Gasteiger partial charge in [-0.1, -0.05) is 12.1 Å². The van der Waals surface area contributed by atoms with Gasteiger partial charge >= 0.3 is 0 Å². The van der Waals surface area contributed by atoms with Crippen LogP contribution < -0.4 is 15.0 Å². The van der Waals surface area contributed by atoms with Crippen molar-refractivity contribution in [3.8, 4) is 11.4 Å². The van der Waals surface area contributed by atoms with Crippen LogP contribution in [0.25, 0.3) is 5.69 Å². The van der Waals surface area contributed by atoms with Crippen LogP contribution in [0.15, 0.2) is 91.3 Å². The molecule has 32 heavy (non-hydrogen) atoms. The van der Waals surface area contributed by atoms with E-state index in [-0.39, 0.29) is 17.9 Å². The first kappa shape index (κ1) is 20.2. The van der Waals surface area contributed by atoms with Gasteiger partial charge in [0.15, 0.2) is 5.11 Å². The van der Waals surface area contributed by atoms with Crippen molar-refractivity contribution in [1.29, 1.82) is 0 Å². The molecule has 5 rings (SSSR count). The fraction of sp³-hybridized carbons (Fsp3) is 0.120. The SMILES string of the molecule is COc1ccc(N2C(=S)N[C@@H](c3ccccn3)[C@@H]2c2cccn2-c2cccc(F)c2)cc1. The second kappa shape index (κ2) is 8.43. The van der Waals surface area contributed by atoms with Crippen LogP contribution in [0.3, 0.4) is 0 Å². The molecule has 0 bridgehead atoms. The van der Waals surface area contributed by atoms with Gasteiger partial charge in [-0.05, 0) is 78.9 Å². The Bertz CT molecular complexity index is 1240. The monoisotopic (exact) mass is 444 g/mol. The summed E-state index contributed by atoms with van der Waals surface area (Å²) in [6.45, 7) is 0. The third-order valence-electron chi connectivity index (χ3n) is 5.62. The van der Waals surface area contributed by atoms with Crippen LogP contribution >= 0.6 is 12.2 Å². The van der Waals surface area contributed by atoms with Gasteiger partial charge in [-0.15, -0.1) is 0 Å². The highest BCUT2D eigenvalue weighted by atomic mass is 32.1. The summed E-state index contributed by atoms with van der Waals surface area (Å²) in [4.78, 5) is 6.67. The van der Waals surface area contributed by atoms with Gasteiger partial charge in [0.25, 0.3) is 0 Å². The number of pyridine rings is 1. The molecule has 2 aromatic carbocycles. The van der Waals surface area contributed by atoms with E-state index in [0.717, 1.165) is 28.5 Å². The number of rotatable bonds is 5. The second-order valence-electron chi connectivity index (χ2n) is 7.48. The Morgan fingerprint density at radius 3 is 2.53 bits per heavy atom. The molecule has 0 saturated carbocycles. The number of aromatic nitrogens is 2. The Balaban J connectivity index is 1.65. The number of anilines is 1. The Morgan fingerprint density at radius 2 is 1.81 bits per heavy atom. The van der Waals surface area contributed by atoms with Crippen molar-refractivity contribution in [2.45, 2.75) is 12.1 Å². The zero-order chi connectivity index (χ0) is 22.1. The van der Waals surface area contributed by atoms with E-state index < -0.39 is 0 Å². The molecule has 2 atom stereocenters. The summed E-state index contributed by atoms with van der Waals surface area (Å²) in [7, 11) is 1.64. The van der Waals surface area contributed by atoms with Gasteiger partial charge in [-0.25, -0.2) is 4.39 Å². The molecule has 1 N–H and O–H groups in total. The lowest BCUT2D eigenvalue weighted by Crippen LogP contribution is -2.30. The van der Waals surface area contributed by atoms with Crippen molar-refractivity contribution in [2.75, 3.05) is 12.0 Å². The molecule has 1 aliphatic rings. The van der Waals surface area contributed by atoms with Crippen molar-refractivity contribution in [3.63, 3.8) is 0 Å². The van der Waals surface area contributed by atoms with E-state index >= 15 is 0 Å². The van der Waals surface area contributed by atoms with E-state index in [9.17, 15) is 4.39 Å². The highest BCUT2D eigenvalue weighted by Gasteiger charge is 2.42. The smallest absolute Gasteiger partial charge is 0.174 e. The molecule has 7 heteroatoms. The van der Waals surface area contributed by atoms with Gasteiger partial charge in [0.1, 0.15) is 17.6 Å². The van der Waals surface area contributed by atoms with Crippen LogP contribution in [0.1, 0.15) is 23.5 Å². The summed E-state index contributed by atoms with van der Waals surface area (Å²) in [6.07, 6.45) is 3.71. The number of hydrogen-bond donors (Lipinski definition) is 1. The molecule has 160 valence electrons. The van der Waals surface area contributed by atoms with Crippen LogP contribution in [-0.4, -0.2) is 21.8 Å². The molecule has 0 amide bonds. The van der Waals surface area contributed by atoms with Crippen molar-refractivity contribution in [2.24, 2.45) is 0 Å². The lowest BCUT2D eigenvalue weighted by atomic mass is 10.0. The fourth-order valence-electron chi connectivity index (χ4n) is 4.17. The lowest BCUT2D eigenvalue weighted by molar-refractivity contribution is 0.415. The normalized spacial score (nSPS) is 17.9. The average molecular weight is 445 g/mol. The molecule has 4 aromatic rings. The molecular weight excluding hydrogens is 423 g/mol. The summed E-state index contributed by atoms with van der Waals surface area (Å²) in [5, 5.41) is 4.05. The Kier molecular flexibility index (Phi) is 5.33. The van der Waals surface area contributed by atoms with Crippen molar-refractivity contribution < 1.29 is 9.13 Å². The predicted octanol–water partition coefficient (Wildman–Crippen LogP) is 5.20. The summed E-state index contributed by atoms with van der Waals surface area (Å²) < 4.78 is 21.3. The van der Waals surface area contributed by atoms with E-state index in [1.54, 1.807) is 19.4 Å². The van der Waals surface area contributed by atoms with Crippen LogP contribution in [-0.2, 0) is 0 Å². The van der Waals surface area contributed by atoms with Gasteiger partial charge in [0, 0.05) is 29.5 Å². The number of thiocarbonyl (C=S) groups is 1. The Morgan fingerprint density at radius 1 is 0.969 bits per heavy atom. The minimum absolute atomic E-state index is 0.187. The first-order valence-electron chi connectivity index (χ1n) is 10.2. The number of nitrogens with one attached hydrogen (secondary N) is 1. The number of halogens is 1. The number of ether oxygens (including phenoxy) is 1. The van der Waals surface area contributed by atoms with E-state index in [1.807, 2.05) is 71.4 Å². The van der Waals surface area contributed by atoms with Crippen LogP contribution in [0, 0.1) is 5.82 Å². The average Bonchev–Trinajstić information content (AvgIpc) is 3.44. The maximum absolute atomic E-state index is 14.0. The van der Waals surface area contributed by atoms with Crippen LogP contribution in [0.2, 0.25) is 0 Å². The van der Waals surface area contributed by atoms with Gasteiger partial charge in [-0.2, -0.15) is 0 Å². The molecule has 0 radical (unpaired) electrons.